The Morgan fingerprint density at radius 3 is 2.20 bits per heavy atom. The highest BCUT2D eigenvalue weighted by Gasteiger charge is 2.53. The Morgan fingerprint density at radius 2 is 1.69 bits per heavy atom. The van der Waals surface area contributed by atoms with Crippen molar-refractivity contribution in [1.82, 2.24) is 0 Å². The summed E-state index contributed by atoms with van der Waals surface area (Å²) in [5.41, 5.74) is -1.37. The molecule has 0 amide bonds. The molecule has 2 aliphatic heterocycles. The number of ether oxygens (including phenoxy) is 6. The second-order valence-electron chi connectivity index (χ2n) is 8.15. The van der Waals surface area contributed by atoms with Gasteiger partial charge in [-0.05, 0) is 17.7 Å². The maximum atomic E-state index is 10.7. The molecule has 1 aromatic carbocycles. The molecule has 2 fully saturated rings. The number of methoxy groups -OCH3 is 2. The van der Waals surface area contributed by atoms with Gasteiger partial charge in [0.1, 0.15) is 30.0 Å². The van der Waals surface area contributed by atoms with Crippen LogP contribution in [0.4, 0.5) is 0 Å². The Bertz CT molecular complexity index is 839. The first-order chi connectivity index (χ1) is 16.7. The third kappa shape index (κ3) is 5.70. The van der Waals surface area contributed by atoms with Crippen molar-refractivity contribution in [2.45, 2.75) is 48.7 Å². The van der Waals surface area contributed by atoms with Crippen LogP contribution in [0, 0.1) is 0 Å². The molecular formula is C22H32O13. The van der Waals surface area contributed by atoms with Gasteiger partial charge in [0, 0.05) is 0 Å². The molecular weight excluding hydrogens is 472 g/mol. The van der Waals surface area contributed by atoms with Crippen LogP contribution >= 0.6 is 0 Å². The first-order valence-electron chi connectivity index (χ1n) is 10.8. The molecule has 3 rings (SSSR count). The lowest BCUT2D eigenvalue weighted by atomic mass is 9.98. The molecule has 2 aliphatic rings. The summed E-state index contributed by atoms with van der Waals surface area (Å²) >= 11 is 0. The van der Waals surface area contributed by atoms with Crippen LogP contribution in [0.25, 0.3) is 6.08 Å². The fraction of sp³-hybridized carbons (Fsp3) is 0.636. The molecule has 0 saturated carbocycles. The zero-order chi connectivity index (χ0) is 25.8. The molecule has 0 unspecified atom stereocenters. The van der Waals surface area contributed by atoms with E-state index in [0.29, 0.717) is 5.56 Å². The fourth-order valence-electron chi connectivity index (χ4n) is 3.78. The van der Waals surface area contributed by atoms with E-state index >= 15 is 0 Å². The molecule has 7 N–H and O–H groups in total. The summed E-state index contributed by atoms with van der Waals surface area (Å²) in [6, 6.07) is 3.17. The van der Waals surface area contributed by atoms with Crippen molar-refractivity contribution in [3.63, 3.8) is 0 Å². The number of rotatable bonds is 10. The van der Waals surface area contributed by atoms with Crippen LogP contribution in [-0.4, -0.2) is 125 Å². The van der Waals surface area contributed by atoms with Crippen molar-refractivity contribution < 1.29 is 64.2 Å². The Hall–Kier alpha value is -2.04. The van der Waals surface area contributed by atoms with Crippen molar-refractivity contribution in [3.8, 4) is 17.2 Å². The molecule has 198 valence electrons. The Kier molecular flexibility index (Phi) is 9.28. The fourth-order valence-corrected chi connectivity index (χ4v) is 3.78. The minimum Gasteiger partial charge on any atom is -0.493 e. The van der Waals surface area contributed by atoms with E-state index in [1.165, 1.54) is 20.3 Å². The van der Waals surface area contributed by atoms with Gasteiger partial charge in [-0.1, -0.05) is 12.2 Å². The lowest BCUT2D eigenvalue weighted by Crippen LogP contribution is -2.62. The van der Waals surface area contributed by atoms with E-state index in [1.54, 1.807) is 18.2 Å². The third-order valence-corrected chi connectivity index (χ3v) is 5.83. The van der Waals surface area contributed by atoms with Crippen molar-refractivity contribution in [2.75, 3.05) is 40.6 Å². The van der Waals surface area contributed by atoms with E-state index < -0.39 is 68.5 Å². The highest BCUT2D eigenvalue weighted by Crippen LogP contribution is 2.41. The summed E-state index contributed by atoms with van der Waals surface area (Å²) in [5.74, 6) is 0.421. The topological polar surface area (TPSA) is 197 Å². The molecule has 2 saturated heterocycles. The summed E-state index contributed by atoms with van der Waals surface area (Å²) < 4.78 is 33.3. The molecule has 2 heterocycles. The van der Waals surface area contributed by atoms with Gasteiger partial charge in [-0.3, -0.25) is 0 Å². The van der Waals surface area contributed by atoms with E-state index in [1.807, 2.05) is 0 Å². The average molecular weight is 504 g/mol. The maximum Gasteiger partial charge on any atom is 0.230 e. The van der Waals surface area contributed by atoms with E-state index in [-0.39, 0.29) is 23.9 Å². The number of hydrogen-bond acceptors (Lipinski definition) is 13. The quantitative estimate of drug-likeness (QED) is 0.175. The lowest BCUT2D eigenvalue weighted by molar-refractivity contribution is -0.319. The molecule has 0 aliphatic carbocycles. The van der Waals surface area contributed by atoms with Gasteiger partial charge in [0.05, 0.1) is 40.6 Å². The van der Waals surface area contributed by atoms with Crippen LogP contribution < -0.4 is 14.2 Å². The van der Waals surface area contributed by atoms with Crippen LogP contribution in [0.5, 0.6) is 17.2 Å². The number of hydrogen-bond donors (Lipinski definition) is 7. The van der Waals surface area contributed by atoms with Gasteiger partial charge in [0.15, 0.2) is 23.9 Å². The molecule has 0 spiro atoms. The highest BCUT2D eigenvalue weighted by atomic mass is 16.8. The van der Waals surface area contributed by atoms with E-state index in [0.717, 1.165) is 0 Å². The van der Waals surface area contributed by atoms with E-state index in [9.17, 15) is 30.6 Å². The van der Waals surface area contributed by atoms with Crippen molar-refractivity contribution in [1.29, 1.82) is 0 Å². The van der Waals surface area contributed by atoms with Crippen LogP contribution in [-0.2, 0) is 14.2 Å². The molecule has 0 aromatic heterocycles. The SMILES string of the molecule is COc1cc(C=CCO)cc(OC)c1O[C@@H]1O[C@H](CO)[C@@H](O)[C@H](O)[C@H]1O[C@@H]1OC[C@](O)(CO)[C@H]1O. The van der Waals surface area contributed by atoms with Gasteiger partial charge >= 0.3 is 0 Å². The van der Waals surface area contributed by atoms with Gasteiger partial charge in [0.25, 0.3) is 0 Å². The first-order valence-corrected chi connectivity index (χ1v) is 10.8. The zero-order valence-corrected chi connectivity index (χ0v) is 19.3. The second kappa shape index (κ2) is 11.8. The molecule has 13 heteroatoms. The van der Waals surface area contributed by atoms with E-state index in [4.69, 9.17) is 33.5 Å². The third-order valence-electron chi connectivity index (χ3n) is 5.83. The predicted molar refractivity (Wildman–Crippen MR) is 117 cm³/mol. The Labute approximate surface area is 201 Å². The number of aliphatic hydroxyl groups excluding tert-OH is 6. The molecule has 0 bridgehead atoms. The molecule has 13 nitrogen and oxygen atoms in total. The average Bonchev–Trinajstić information content (AvgIpc) is 3.16. The van der Waals surface area contributed by atoms with Gasteiger partial charge < -0.3 is 64.2 Å². The van der Waals surface area contributed by atoms with Gasteiger partial charge in [-0.2, -0.15) is 0 Å². The number of benzene rings is 1. The zero-order valence-electron chi connectivity index (χ0n) is 19.3. The summed E-state index contributed by atoms with van der Waals surface area (Å²) in [6.07, 6.45) is -7.54. The van der Waals surface area contributed by atoms with Crippen molar-refractivity contribution in [3.05, 3.63) is 23.8 Å². The van der Waals surface area contributed by atoms with Crippen LogP contribution in [0.1, 0.15) is 5.56 Å². The minimum absolute atomic E-state index is 0.0368. The van der Waals surface area contributed by atoms with E-state index in [2.05, 4.69) is 0 Å². The smallest absolute Gasteiger partial charge is 0.230 e. The normalized spacial score (nSPS) is 35.4. The standard InChI is InChI=1S/C22H32O13/c1-30-12-6-11(4-3-5-23)7-13(31-2)17(12)34-20-18(16(27)15(26)14(8-24)33-20)35-21-19(28)22(29,9-25)10-32-21/h3-4,6-7,14-16,18-21,23-29H,5,8-10H2,1-2H3/t14-,15-,16+,18-,19+,20+,21+,22-/m1/s1. The summed E-state index contributed by atoms with van der Waals surface area (Å²) in [5, 5.41) is 69.6. The highest BCUT2D eigenvalue weighted by molar-refractivity contribution is 5.62. The largest absolute Gasteiger partial charge is 0.493 e. The number of aliphatic hydroxyl groups is 7. The summed E-state index contributed by atoms with van der Waals surface area (Å²) in [4.78, 5) is 0. The van der Waals surface area contributed by atoms with Crippen LogP contribution in [0.15, 0.2) is 18.2 Å². The Balaban J connectivity index is 1.93. The molecule has 0 radical (unpaired) electrons. The summed E-state index contributed by atoms with van der Waals surface area (Å²) in [7, 11) is 2.76. The van der Waals surface area contributed by atoms with Crippen molar-refractivity contribution in [2.24, 2.45) is 0 Å². The van der Waals surface area contributed by atoms with Crippen LogP contribution in [0.3, 0.4) is 0 Å². The first kappa shape index (κ1) is 27.5. The lowest BCUT2D eigenvalue weighted by Gasteiger charge is -2.42. The van der Waals surface area contributed by atoms with Gasteiger partial charge in [-0.25, -0.2) is 0 Å². The van der Waals surface area contributed by atoms with Crippen LogP contribution in [0.2, 0.25) is 0 Å². The van der Waals surface area contributed by atoms with Gasteiger partial charge in [0.2, 0.25) is 12.0 Å². The maximum absolute atomic E-state index is 10.7. The summed E-state index contributed by atoms with van der Waals surface area (Å²) in [6.45, 7) is -2.09. The van der Waals surface area contributed by atoms with Crippen molar-refractivity contribution >= 4 is 6.08 Å². The minimum atomic E-state index is -1.99. The second-order valence-corrected chi connectivity index (χ2v) is 8.15. The molecule has 1 aromatic rings. The predicted octanol–water partition coefficient (Wildman–Crippen LogP) is -2.65. The molecule has 35 heavy (non-hydrogen) atoms. The monoisotopic (exact) mass is 504 g/mol. The Morgan fingerprint density at radius 1 is 1.03 bits per heavy atom. The van der Waals surface area contributed by atoms with Gasteiger partial charge in [-0.15, -0.1) is 0 Å². The molecule has 8 atom stereocenters.